The minimum atomic E-state index is -0.968. The molecule has 0 aromatic heterocycles. The number of carboxylic acids is 1. The van der Waals surface area contributed by atoms with Crippen molar-refractivity contribution in [2.75, 3.05) is 5.32 Å². The van der Waals surface area contributed by atoms with E-state index in [2.05, 4.69) is 56.4 Å². The first kappa shape index (κ1) is 31.3. The molecule has 5 heteroatoms. The molecule has 0 saturated carbocycles. The molecule has 0 heterocycles. The fourth-order valence-corrected chi connectivity index (χ4v) is 6.33. The minimum absolute atomic E-state index is 0.111. The van der Waals surface area contributed by atoms with Gasteiger partial charge in [0.1, 0.15) is 0 Å². The van der Waals surface area contributed by atoms with Crippen LogP contribution >= 0.6 is 11.6 Å². The summed E-state index contributed by atoms with van der Waals surface area (Å²) in [5, 5.41) is 13.1. The van der Waals surface area contributed by atoms with Gasteiger partial charge in [0.05, 0.1) is 11.5 Å². The Morgan fingerprint density at radius 1 is 0.909 bits per heavy atom. The maximum atomic E-state index is 13.8. The molecule has 226 valence electrons. The fraction of sp³-hybridized carbons (Fsp3) is 0.282. The standard InChI is InChI=1S/C39H40ClNO3/c1-25-23-33(40)19-22-35(25)29-15-20-34(21-16-29)41-37(42)36(24-26-5-7-31(8-6-26)38(43)44)30-11-9-27(10-12-30)28-13-17-32(18-14-28)39(2,3)4/h5-13,15-16,19-23,32,36H,14,17-18,24H2,1-4H3,(H,41,42)(H,43,44)/t32-,36?/m0/s1. The molecule has 0 saturated heterocycles. The van der Waals surface area contributed by atoms with Crippen molar-refractivity contribution < 1.29 is 14.7 Å². The van der Waals surface area contributed by atoms with Crippen LogP contribution < -0.4 is 5.32 Å². The SMILES string of the molecule is Cc1cc(Cl)ccc1-c1ccc(NC(=O)C(Cc2ccc(C(=O)O)cc2)c2ccc(C3=CC[C@H](C(C)(C)C)CC3)cc2)cc1. The number of carbonyl (C=O) groups is 2. The van der Waals surface area contributed by atoms with Gasteiger partial charge in [0, 0.05) is 10.7 Å². The van der Waals surface area contributed by atoms with Crippen molar-refractivity contribution >= 4 is 34.7 Å². The lowest BCUT2D eigenvalue weighted by Crippen LogP contribution is -2.23. The van der Waals surface area contributed by atoms with Gasteiger partial charge in [-0.15, -0.1) is 0 Å². The summed E-state index contributed by atoms with van der Waals surface area (Å²) in [5.74, 6) is -0.844. The Labute approximate surface area is 265 Å². The van der Waals surface area contributed by atoms with Crippen LogP contribution in [0.25, 0.3) is 16.7 Å². The van der Waals surface area contributed by atoms with Gasteiger partial charge in [-0.05, 0) is 119 Å². The molecule has 4 aromatic rings. The summed E-state index contributed by atoms with van der Waals surface area (Å²) in [6, 6.07) is 28.8. The van der Waals surface area contributed by atoms with E-state index in [1.165, 1.54) is 17.6 Å². The van der Waals surface area contributed by atoms with E-state index in [9.17, 15) is 14.7 Å². The second-order valence-electron chi connectivity index (χ2n) is 13.0. The monoisotopic (exact) mass is 605 g/mol. The Morgan fingerprint density at radius 3 is 2.14 bits per heavy atom. The van der Waals surface area contributed by atoms with Crippen LogP contribution in [0.2, 0.25) is 5.02 Å². The summed E-state index contributed by atoms with van der Waals surface area (Å²) in [7, 11) is 0. The molecule has 0 bridgehead atoms. The quantitative estimate of drug-likeness (QED) is 0.210. The fourth-order valence-electron chi connectivity index (χ4n) is 6.11. The number of hydrogen-bond acceptors (Lipinski definition) is 2. The van der Waals surface area contributed by atoms with Crippen LogP contribution in [0.15, 0.2) is 97.1 Å². The highest BCUT2D eigenvalue weighted by molar-refractivity contribution is 6.30. The topological polar surface area (TPSA) is 66.4 Å². The number of aromatic carboxylic acids is 1. The molecule has 4 aromatic carbocycles. The van der Waals surface area contributed by atoms with E-state index in [-0.39, 0.29) is 11.5 Å². The molecule has 0 fully saturated rings. The van der Waals surface area contributed by atoms with E-state index in [0.717, 1.165) is 40.7 Å². The normalized spacial score (nSPS) is 15.8. The van der Waals surface area contributed by atoms with E-state index >= 15 is 0 Å². The number of aryl methyl sites for hydroxylation is 1. The first-order valence-corrected chi connectivity index (χ1v) is 15.6. The number of nitrogens with one attached hydrogen (secondary N) is 1. The molecule has 0 aliphatic heterocycles. The molecule has 0 spiro atoms. The summed E-state index contributed by atoms with van der Waals surface area (Å²) in [6.45, 7) is 8.99. The number of carbonyl (C=O) groups excluding carboxylic acids is 1. The summed E-state index contributed by atoms with van der Waals surface area (Å²) in [4.78, 5) is 25.2. The van der Waals surface area contributed by atoms with Crippen LogP contribution in [-0.4, -0.2) is 17.0 Å². The van der Waals surface area contributed by atoms with Crippen molar-refractivity contribution in [3.05, 3.63) is 130 Å². The lowest BCUT2D eigenvalue weighted by atomic mass is 9.72. The van der Waals surface area contributed by atoms with Gasteiger partial charge in [0.15, 0.2) is 0 Å². The van der Waals surface area contributed by atoms with Crippen molar-refractivity contribution in [1.82, 2.24) is 0 Å². The molecule has 0 radical (unpaired) electrons. The molecule has 44 heavy (non-hydrogen) atoms. The first-order valence-electron chi connectivity index (χ1n) is 15.3. The third-order valence-electron chi connectivity index (χ3n) is 8.93. The van der Waals surface area contributed by atoms with E-state index in [1.54, 1.807) is 24.3 Å². The van der Waals surface area contributed by atoms with E-state index in [0.29, 0.717) is 28.5 Å². The van der Waals surface area contributed by atoms with Gasteiger partial charge < -0.3 is 10.4 Å². The molecule has 4 nitrogen and oxygen atoms in total. The second-order valence-corrected chi connectivity index (χ2v) is 13.4. The van der Waals surface area contributed by atoms with Gasteiger partial charge in [-0.3, -0.25) is 4.79 Å². The average molecular weight is 606 g/mol. The maximum absolute atomic E-state index is 13.8. The van der Waals surface area contributed by atoms with Gasteiger partial charge in [-0.25, -0.2) is 4.79 Å². The summed E-state index contributed by atoms with van der Waals surface area (Å²) < 4.78 is 0. The van der Waals surface area contributed by atoms with E-state index in [1.807, 2.05) is 49.4 Å². The Hall–Kier alpha value is -4.15. The molecular formula is C39H40ClNO3. The van der Waals surface area contributed by atoms with Crippen molar-refractivity contribution in [2.24, 2.45) is 11.3 Å². The van der Waals surface area contributed by atoms with E-state index < -0.39 is 11.9 Å². The Kier molecular flexibility index (Phi) is 9.41. The van der Waals surface area contributed by atoms with Crippen LogP contribution in [-0.2, 0) is 11.2 Å². The predicted molar refractivity (Wildman–Crippen MR) is 181 cm³/mol. The number of allylic oxidation sites excluding steroid dienone is 2. The lowest BCUT2D eigenvalue weighted by Gasteiger charge is -2.33. The molecule has 5 rings (SSSR count). The Bertz CT molecular complexity index is 1660. The van der Waals surface area contributed by atoms with Gasteiger partial charge >= 0.3 is 5.97 Å². The molecular weight excluding hydrogens is 566 g/mol. The van der Waals surface area contributed by atoms with Crippen LogP contribution in [0.4, 0.5) is 5.69 Å². The molecule has 2 atom stereocenters. The Morgan fingerprint density at radius 2 is 1.57 bits per heavy atom. The number of anilines is 1. The zero-order chi connectivity index (χ0) is 31.4. The average Bonchev–Trinajstić information content (AvgIpc) is 3.00. The van der Waals surface area contributed by atoms with Gasteiger partial charge in [-0.1, -0.05) is 93.0 Å². The molecule has 1 aliphatic carbocycles. The van der Waals surface area contributed by atoms with Crippen LogP contribution in [0.5, 0.6) is 0 Å². The number of rotatable bonds is 8. The summed E-state index contributed by atoms with van der Waals surface area (Å²) >= 11 is 6.14. The smallest absolute Gasteiger partial charge is 0.335 e. The molecule has 1 amide bonds. The Balaban J connectivity index is 1.37. The van der Waals surface area contributed by atoms with Crippen molar-refractivity contribution in [1.29, 1.82) is 0 Å². The van der Waals surface area contributed by atoms with Gasteiger partial charge in [0.25, 0.3) is 0 Å². The maximum Gasteiger partial charge on any atom is 0.335 e. The molecule has 2 N–H and O–H groups in total. The highest BCUT2D eigenvalue weighted by Gasteiger charge is 2.27. The second kappa shape index (κ2) is 13.2. The first-order chi connectivity index (χ1) is 21.0. The lowest BCUT2D eigenvalue weighted by molar-refractivity contribution is -0.117. The zero-order valence-corrected chi connectivity index (χ0v) is 26.6. The predicted octanol–water partition coefficient (Wildman–Crippen LogP) is 10.2. The highest BCUT2D eigenvalue weighted by Crippen LogP contribution is 2.40. The summed E-state index contributed by atoms with van der Waals surface area (Å²) in [6.07, 6.45) is 6.17. The van der Waals surface area contributed by atoms with Crippen LogP contribution in [0.3, 0.4) is 0 Å². The van der Waals surface area contributed by atoms with Gasteiger partial charge in [0.2, 0.25) is 5.91 Å². The van der Waals surface area contributed by atoms with Crippen molar-refractivity contribution in [2.45, 2.75) is 59.3 Å². The third kappa shape index (κ3) is 7.49. The number of hydrogen-bond donors (Lipinski definition) is 2. The van der Waals surface area contributed by atoms with Crippen molar-refractivity contribution in [3.63, 3.8) is 0 Å². The zero-order valence-electron chi connectivity index (χ0n) is 25.9. The summed E-state index contributed by atoms with van der Waals surface area (Å²) in [5.41, 5.74) is 8.89. The number of halogens is 1. The number of amides is 1. The number of carboxylic acid groups (broad SMARTS) is 1. The molecule has 1 aliphatic rings. The van der Waals surface area contributed by atoms with Gasteiger partial charge in [-0.2, -0.15) is 0 Å². The number of benzene rings is 4. The van der Waals surface area contributed by atoms with Crippen LogP contribution in [0, 0.1) is 18.3 Å². The van der Waals surface area contributed by atoms with Crippen molar-refractivity contribution in [3.8, 4) is 11.1 Å². The van der Waals surface area contributed by atoms with E-state index in [4.69, 9.17) is 11.6 Å². The highest BCUT2D eigenvalue weighted by atomic mass is 35.5. The van der Waals surface area contributed by atoms with Crippen LogP contribution in [0.1, 0.15) is 78.6 Å². The third-order valence-corrected chi connectivity index (χ3v) is 9.16. The minimum Gasteiger partial charge on any atom is -0.478 e. The molecule has 1 unspecified atom stereocenters. The largest absolute Gasteiger partial charge is 0.478 e.